The van der Waals surface area contributed by atoms with Gasteiger partial charge in [0.05, 0.1) is 11.9 Å². The van der Waals surface area contributed by atoms with Crippen LogP contribution in [0, 0.1) is 0 Å². The van der Waals surface area contributed by atoms with E-state index >= 15 is 0 Å². The lowest BCUT2D eigenvalue weighted by Crippen LogP contribution is -2.39. The summed E-state index contributed by atoms with van der Waals surface area (Å²) in [7, 11) is 1.76. The van der Waals surface area contributed by atoms with Gasteiger partial charge in [-0.15, -0.1) is 6.58 Å². The summed E-state index contributed by atoms with van der Waals surface area (Å²) in [5, 5.41) is 5.41. The van der Waals surface area contributed by atoms with E-state index in [-0.39, 0.29) is 25.4 Å². The van der Waals surface area contributed by atoms with Gasteiger partial charge >= 0.3 is 6.18 Å². The molecule has 1 saturated heterocycles. The lowest BCUT2D eigenvalue weighted by atomic mass is 9.97. The van der Waals surface area contributed by atoms with Crippen LogP contribution in [0.5, 0.6) is 0 Å². The summed E-state index contributed by atoms with van der Waals surface area (Å²) in [6.45, 7) is 13.6. The molecule has 0 aromatic carbocycles. The van der Waals surface area contributed by atoms with Crippen molar-refractivity contribution >= 4 is 5.82 Å². The van der Waals surface area contributed by atoms with Crippen LogP contribution in [0.1, 0.15) is 77.3 Å². The van der Waals surface area contributed by atoms with Gasteiger partial charge in [-0.2, -0.15) is 13.2 Å². The largest absolute Gasteiger partial charge is 0.410 e. The molecule has 1 aromatic rings. The average molecular weight is 522 g/mol. The van der Waals surface area contributed by atoms with E-state index in [9.17, 15) is 22.0 Å². The molecule has 36 heavy (non-hydrogen) atoms. The lowest BCUT2D eigenvalue weighted by Gasteiger charge is -2.30. The molecule has 0 radical (unpaired) electrons. The summed E-state index contributed by atoms with van der Waals surface area (Å²) >= 11 is 0. The normalized spacial score (nSPS) is 19.2. The summed E-state index contributed by atoms with van der Waals surface area (Å²) in [6, 6.07) is 2.00. The molecule has 0 spiro atoms. The number of anilines is 1. The highest BCUT2D eigenvalue weighted by molar-refractivity contribution is 5.38. The van der Waals surface area contributed by atoms with E-state index in [0.29, 0.717) is 31.0 Å². The minimum absolute atomic E-state index is 0.118. The van der Waals surface area contributed by atoms with Gasteiger partial charge in [0, 0.05) is 39.2 Å². The van der Waals surface area contributed by atoms with Crippen LogP contribution in [0.2, 0.25) is 0 Å². The topological polar surface area (TPSA) is 66.2 Å². The van der Waals surface area contributed by atoms with E-state index in [1.807, 2.05) is 32.9 Å². The van der Waals surface area contributed by atoms with E-state index in [1.165, 1.54) is 0 Å². The number of nitrogens with one attached hydrogen (secondary N) is 2. The third-order valence-corrected chi connectivity index (χ3v) is 5.58. The zero-order valence-electron chi connectivity index (χ0n) is 22.1. The van der Waals surface area contributed by atoms with Gasteiger partial charge in [-0.05, 0) is 37.0 Å². The van der Waals surface area contributed by atoms with Crippen molar-refractivity contribution in [3.05, 3.63) is 48.9 Å². The number of alkyl halides is 5. The van der Waals surface area contributed by atoms with Gasteiger partial charge in [0.2, 0.25) is 5.92 Å². The molecule has 1 aromatic heterocycles. The van der Waals surface area contributed by atoms with Gasteiger partial charge < -0.3 is 21.3 Å². The Labute approximate surface area is 213 Å². The van der Waals surface area contributed by atoms with E-state index in [4.69, 9.17) is 5.73 Å². The number of rotatable bonds is 6. The van der Waals surface area contributed by atoms with Crippen LogP contribution in [-0.2, 0) is 0 Å². The molecule has 3 rings (SSSR count). The summed E-state index contributed by atoms with van der Waals surface area (Å²) in [6.07, 6.45) is 3.32. The molecule has 0 amide bonds. The Morgan fingerprint density at radius 3 is 2.25 bits per heavy atom. The smallest absolute Gasteiger partial charge is 0.373 e. The van der Waals surface area contributed by atoms with Crippen molar-refractivity contribution in [1.82, 2.24) is 15.2 Å². The summed E-state index contributed by atoms with van der Waals surface area (Å²) in [4.78, 5) is 5.86. The second kappa shape index (κ2) is 17.2. The Morgan fingerprint density at radius 1 is 1.28 bits per heavy atom. The Morgan fingerprint density at radius 2 is 1.86 bits per heavy atom. The Bertz CT molecular complexity index is 746. The van der Waals surface area contributed by atoms with Crippen molar-refractivity contribution in [3.63, 3.8) is 0 Å². The van der Waals surface area contributed by atoms with Gasteiger partial charge in [0.25, 0.3) is 0 Å². The number of hydrogen-bond acceptors (Lipinski definition) is 5. The number of halogens is 5. The van der Waals surface area contributed by atoms with Crippen LogP contribution in [0.15, 0.2) is 43.4 Å². The fourth-order valence-corrected chi connectivity index (χ4v) is 3.77. The number of nitrogens with zero attached hydrogens (tertiary/aromatic N) is 2. The average Bonchev–Trinajstić information content (AvgIpc) is 3.26. The van der Waals surface area contributed by atoms with Crippen LogP contribution in [0.4, 0.5) is 27.8 Å². The highest BCUT2D eigenvalue weighted by atomic mass is 19.4. The number of nitrogens with two attached hydrogens (primary N) is 1. The Kier molecular flexibility index (Phi) is 16.0. The molecule has 1 aliphatic carbocycles. The highest BCUT2D eigenvalue weighted by Crippen LogP contribution is 2.35. The molecule has 2 fully saturated rings. The highest BCUT2D eigenvalue weighted by Gasteiger charge is 2.46. The Hall–Kier alpha value is -2.36. The molecule has 1 saturated carbocycles. The number of aromatic nitrogens is 1. The standard InChI is InChI=1S/C15H21F3N4.C6H10F2.C3H7N.C2H6/c1-4-5-12(11-6-7-20-14(8-11)19-3)22-9-13(15(16,17)18)21-10(22)2;7-6(8)4-2-1-3-5-6;1-2-3-4;1-2/h6-8,12-13,21H,2,4-5,9H2,1,3H3,(H,19,20);1-5H2;2H,1,3-4H2;1-2H3. The number of pyridine rings is 1. The van der Waals surface area contributed by atoms with Gasteiger partial charge in [0.15, 0.2) is 0 Å². The second-order valence-corrected chi connectivity index (χ2v) is 8.31. The first-order valence-electron chi connectivity index (χ1n) is 12.6. The molecular formula is C26H44F5N5. The summed E-state index contributed by atoms with van der Waals surface area (Å²) in [5.41, 5.74) is 5.85. The van der Waals surface area contributed by atoms with Crippen LogP contribution in [0.25, 0.3) is 0 Å². The lowest BCUT2D eigenvalue weighted by molar-refractivity contribution is -0.150. The molecular weight excluding hydrogens is 477 g/mol. The third-order valence-electron chi connectivity index (χ3n) is 5.58. The molecule has 10 heteroatoms. The Balaban J connectivity index is 0.000000718. The molecule has 2 heterocycles. The molecule has 2 aliphatic rings. The predicted octanol–water partition coefficient (Wildman–Crippen LogP) is 7.01. The zero-order chi connectivity index (χ0) is 27.8. The molecule has 2 atom stereocenters. The third kappa shape index (κ3) is 12.1. The van der Waals surface area contributed by atoms with Crippen LogP contribution < -0.4 is 16.4 Å². The molecule has 208 valence electrons. The van der Waals surface area contributed by atoms with E-state index in [0.717, 1.165) is 24.8 Å². The van der Waals surface area contributed by atoms with Gasteiger partial charge in [-0.3, -0.25) is 0 Å². The zero-order valence-corrected chi connectivity index (χ0v) is 22.1. The predicted molar refractivity (Wildman–Crippen MR) is 139 cm³/mol. The fourth-order valence-electron chi connectivity index (χ4n) is 3.77. The first kappa shape index (κ1) is 33.6. The van der Waals surface area contributed by atoms with Crippen LogP contribution >= 0.6 is 0 Å². The fraction of sp³-hybridized carbons (Fsp3) is 0.654. The maximum Gasteiger partial charge on any atom is 0.410 e. The van der Waals surface area contributed by atoms with Gasteiger partial charge in [-0.25, -0.2) is 13.8 Å². The minimum atomic E-state index is -4.27. The monoisotopic (exact) mass is 521 g/mol. The van der Waals surface area contributed by atoms with Crippen molar-refractivity contribution in [1.29, 1.82) is 0 Å². The maximum absolute atomic E-state index is 12.9. The van der Waals surface area contributed by atoms with E-state index in [1.54, 1.807) is 24.2 Å². The summed E-state index contributed by atoms with van der Waals surface area (Å²) in [5.74, 6) is -1.30. The SMILES string of the molecule is C=C1NC(C(F)(F)F)CN1C(CCC)c1ccnc(NC)c1.C=CCN.CC.FC1(F)CCCCC1. The minimum Gasteiger partial charge on any atom is -0.373 e. The van der Waals surface area contributed by atoms with E-state index in [2.05, 4.69) is 28.8 Å². The quantitative estimate of drug-likeness (QED) is 0.277. The molecule has 0 bridgehead atoms. The van der Waals surface area contributed by atoms with Crippen LogP contribution in [0.3, 0.4) is 0 Å². The summed E-state index contributed by atoms with van der Waals surface area (Å²) < 4.78 is 63.2. The van der Waals surface area contributed by atoms with Gasteiger partial charge in [-0.1, -0.05) is 46.3 Å². The second-order valence-electron chi connectivity index (χ2n) is 8.31. The first-order chi connectivity index (χ1) is 17.0. The van der Waals surface area contributed by atoms with Gasteiger partial charge in [0.1, 0.15) is 11.9 Å². The molecule has 5 nitrogen and oxygen atoms in total. The molecule has 2 unspecified atom stereocenters. The van der Waals surface area contributed by atoms with Crippen molar-refractivity contribution in [2.45, 2.75) is 89.9 Å². The number of hydrogen-bond donors (Lipinski definition) is 3. The molecule has 4 N–H and O–H groups in total. The maximum atomic E-state index is 12.9. The van der Waals surface area contributed by atoms with Crippen molar-refractivity contribution in [2.24, 2.45) is 5.73 Å². The first-order valence-corrected chi connectivity index (χ1v) is 12.6. The van der Waals surface area contributed by atoms with Crippen molar-refractivity contribution in [3.8, 4) is 0 Å². The van der Waals surface area contributed by atoms with Crippen molar-refractivity contribution < 1.29 is 22.0 Å². The molecule has 1 aliphatic heterocycles. The van der Waals surface area contributed by atoms with Crippen LogP contribution in [-0.4, -0.2) is 48.2 Å². The van der Waals surface area contributed by atoms with E-state index < -0.39 is 18.1 Å². The van der Waals surface area contributed by atoms with Crippen molar-refractivity contribution in [2.75, 3.05) is 25.5 Å².